The van der Waals surface area contributed by atoms with Gasteiger partial charge < -0.3 is 14.8 Å². The molecular formula is C26H25N3O8. The molecule has 0 saturated carbocycles. The van der Waals surface area contributed by atoms with Crippen LogP contribution in [-0.2, 0) is 19.1 Å². The summed E-state index contributed by atoms with van der Waals surface area (Å²) in [5.74, 6) is -2.29. The number of ether oxygens (including phenoxy) is 2. The van der Waals surface area contributed by atoms with E-state index in [1.54, 1.807) is 44.2 Å². The predicted molar refractivity (Wildman–Crippen MR) is 134 cm³/mol. The van der Waals surface area contributed by atoms with Gasteiger partial charge in [-0.25, -0.2) is 9.59 Å². The van der Waals surface area contributed by atoms with Crippen molar-refractivity contribution in [1.29, 1.82) is 0 Å². The summed E-state index contributed by atoms with van der Waals surface area (Å²) in [6.07, 6.45) is 3.87. The first-order valence-corrected chi connectivity index (χ1v) is 11.2. The van der Waals surface area contributed by atoms with Gasteiger partial charge in [-0.1, -0.05) is 24.3 Å². The molecule has 0 bridgehead atoms. The third-order valence-corrected chi connectivity index (χ3v) is 5.73. The summed E-state index contributed by atoms with van der Waals surface area (Å²) in [5, 5.41) is 25.1. The fraction of sp³-hybridized carbons (Fsp3) is 0.231. The first-order valence-electron chi connectivity index (χ1n) is 11.2. The van der Waals surface area contributed by atoms with E-state index < -0.39 is 27.7 Å². The van der Waals surface area contributed by atoms with Gasteiger partial charge in [-0.3, -0.25) is 20.2 Å². The SMILES string of the molecule is COC(=O)C1=C(C)NC(C)=C(C(=O)OCCC=Cc2ccc([N+](=O)[O-])cc2)C1c1cccc([N+](=O)[O-])c1. The third-order valence-electron chi connectivity index (χ3n) is 5.73. The highest BCUT2D eigenvalue weighted by atomic mass is 16.6. The number of nitrogens with zero attached hydrogens (tertiary/aromatic N) is 2. The Labute approximate surface area is 212 Å². The molecule has 2 aromatic carbocycles. The highest BCUT2D eigenvalue weighted by Crippen LogP contribution is 2.40. The minimum atomic E-state index is -0.934. The number of carbonyl (C=O) groups excluding carboxylic acids is 2. The molecule has 1 unspecified atom stereocenters. The van der Waals surface area contributed by atoms with E-state index in [4.69, 9.17) is 9.47 Å². The van der Waals surface area contributed by atoms with Crippen LogP contribution in [-0.4, -0.2) is 35.5 Å². The number of carbonyl (C=O) groups is 2. The first-order chi connectivity index (χ1) is 17.6. The number of nitro groups is 2. The second-order valence-electron chi connectivity index (χ2n) is 8.15. The molecule has 1 aliphatic rings. The molecule has 0 radical (unpaired) electrons. The van der Waals surface area contributed by atoms with E-state index in [2.05, 4.69) is 5.32 Å². The summed E-state index contributed by atoms with van der Waals surface area (Å²) in [6.45, 7) is 3.34. The molecule has 0 saturated heterocycles. The van der Waals surface area contributed by atoms with Crippen molar-refractivity contribution in [2.24, 2.45) is 0 Å². The Hall–Kier alpha value is -4.80. The van der Waals surface area contributed by atoms with Crippen molar-refractivity contribution in [3.63, 3.8) is 0 Å². The van der Waals surface area contributed by atoms with E-state index in [0.29, 0.717) is 23.4 Å². The molecule has 11 nitrogen and oxygen atoms in total. The van der Waals surface area contributed by atoms with Gasteiger partial charge in [-0.2, -0.15) is 0 Å². The van der Waals surface area contributed by atoms with E-state index in [1.807, 2.05) is 0 Å². The zero-order chi connectivity index (χ0) is 27.1. The lowest BCUT2D eigenvalue weighted by Crippen LogP contribution is -2.32. The number of esters is 2. The number of non-ortho nitro benzene ring substituents is 2. The minimum Gasteiger partial charge on any atom is -0.466 e. The first kappa shape index (κ1) is 26.8. The molecule has 1 N–H and O–H groups in total. The van der Waals surface area contributed by atoms with Crippen molar-refractivity contribution < 1.29 is 28.9 Å². The van der Waals surface area contributed by atoms with Crippen LogP contribution in [0.2, 0.25) is 0 Å². The molecular weight excluding hydrogens is 482 g/mol. The summed E-state index contributed by atoms with van der Waals surface area (Å²) in [5.41, 5.74) is 2.14. The maximum absolute atomic E-state index is 13.2. The zero-order valence-corrected chi connectivity index (χ0v) is 20.4. The van der Waals surface area contributed by atoms with Gasteiger partial charge in [0.1, 0.15) is 0 Å². The summed E-state index contributed by atoms with van der Waals surface area (Å²) in [4.78, 5) is 46.9. The van der Waals surface area contributed by atoms with E-state index >= 15 is 0 Å². The van der Waals surface area contributed by atoms with Gasteiger partial charge in [0.15, 0.2) is 0 Å². The van der Waals surface area contributed by atoms with E-state index in [9.17, 15) is 29.8 Å². The quantitative estimate of drug-likeness (QED) is 0.223. The number of hydrogen-bond acceptors (Lipinski definition) is 9. The molecule has 0 spiro atoms. The van der Waals surface area contributed by atoms with Crippen molar-refractivity contribution in [3.05, 3.63) is 109 Å². The molecule has 1 aliphatic heterocycles. The molecule has 1 atom stereocenters. The Morgan fingerprint density at radius 1 is 0.946 bits per heavy atom. The largest absolute Gasteiger partial charge is 0.466 e. The summed E-state index contributed by atoms with van der Waals surface area (Å²) < 4.78 is 10.4. The lowest BCUT2D eigenvalue weighted by Gasteiger charge is -2.30. The molecule has 11 heteroatoms. The number of benzene rings is 2. The lowest BCUT2D eigenvalue weighted by molar-refractivity contribution is -0.385. The van der Waals surface area contributed by atoms with Crippen molar-refractivity contribution in [1.82, 2.24) is 5.32 Å². The van der Waals surface area contributed by atoms with Crippen molar-refractivity contribution in [2.45, 2.75) is 26.2 Å². The van der Waals surface area contributed by atoms with Crippen molar-refractivity contribution in [3.8, 4) is 0 Å². The number of allylic oxidation sites excluding steroid dienone is 2. The third kappa shape index (κ3) is 6.26. The van der Waals surface area contributed by atoms with Gasteiger partial charge in [0, 0.05) is 35.7 Å². The van der Waals surface area contributed by atoms with Crippen LogP contribution in [0.5, 0.6) is 0 Å². The lowest BCUT2D eigenvalue weighted by atomic mass is 9.80. The van der Waals surface area contributed by atoms with Crippen LogP contribution in [0, 0.1) is 20.2 Å². The molecule has 1 heterocycles. The van der Waals surface area contributed by atoms with Gasteiger partial charge >= 0.3 is 11.9 Å². The Balaban J connectivity index is 1.80. The Morgan fingerprint density at radius 2 is 1.57 bits per heavy atom. The summed E-state index contributed by atoms with van der Waals surface area (Å²) in [7, 11) is 1.22. The number of rotatable bonds is 9. The van der Waals surface area contributed by atoms with Gasteiger partial charge in [-0.05, 0) is 43.5 Å². The monoisotopic (exact) mass is 507 g/mol. The average Bonchev–Trinajstić information content (AvgIpc) is 2.87. The Bertz CT molecular complexity index is 1330. The molecule has 0 aliphatic carbocycles. The highest BCUT2D eigenvalue weighted by molar-refractivity contribution is 5.99. The van der Waals surface area contributed by atoms with Crippen molar-refractivity contribution in [2.75, 3.05) is 13.7 Å². The summed E-state index contributed by atoms with van der Waals surface area (Å²) in [6, 6.07) is 11.7. The van der Waals surface area contributed by atoms with Gasteiger partial charge in [0.2, 0.25) is 0 Å². The van der Waals surface area contributed by atoms with Gasteiger partial charge in [0.05, 0.1) is 40.6 Å². The number of nitro benzene ring substituents is 2. The molecule has 0 amide bonds. The van der Waals surface area contributed by atoms with Crippen LogP contribution in [0.3, 0.4) is 0 Å². The minimum absolute atomic E-state index is 0.00951. The molecule has 3 rings (SSSR count). The van der Waals surface area contributed by atoms with E-state index in [0.717, 1.165) is 5.56 Å². The Kier molecular flexibility index (Phi) is 8.51. The van der Waals surface area contributed by atoms with E-state index in [-0.39, 0.29) is 29.1 Å². The molecule has 0 fully saturated rings. The number of nitrogens with one attached hydrogen (secondary N) is 1. The number of methoxy groups -OCH3 is 1. The predicted octanol–water partition coefficient (Wildman–Crippen LogP) is 4.56. The summed E-state index contributed by atoms with van der Waals surface area (Å²) >= 11 is 0. The maximum atomic E-state index is 13.2. The number of hydrogen-bond donors (Lipinski definition) is 1. The van der Waals surface area contributed by atoms with Crippen LogP contribution >= 0.6 is 0 Å². The standard InChI is InChI=1S/C26H25N3O8/c1-16-22(25(30)36-3)24(19-8-6-9-21(15-19)29(34)35)23(17(2)27-16)26(31)37-14-5-4-7-18-10-12-20(13-11-18)28(32)33/h4,6-13,15,24,27H,5,14H2,1-3H3. The average molecular weight is 507 g/mol. The van der Waals surface area contributed by atoms with Crippen LogP contribution in [0.15, 0.2) is 77.1 Å². The van der Waals surface area contributed by atoms with Gasteiger partial charge in [-0.15, -0.1) is 0 Å². The fourth-order valence-corrected chi connectivity index (χ4v) is 4.02. The normalized spacial score (nSPS) is 15.4. The molecule has 192 valence electrons. The second kappa shape index (κ2) is 11.8. The molecule has 0 aromatic heterocycles. The van der Waals surface area contributed by atoms with Crippen LogP contribution in [0.4, 0.5) is 11.4 Å². The smallest absolute Gasteiger partial charge is 0.336 e. The molecule has 2 aromatic rings. The van der Waals surface area contributed by atoms with Gasteiger partial charge in [0.25, 0.3) is 11.4 Å². The topological polar surface area (TPSA) is 151 Å². The van der Waals surface area contributed by atoms with Crippen LogP contribution in [0.25, 0.3) is 6.08 Å². The van der Waals surface area contributed by atoms with Crippen LogP contribution < -0.4 is 5.32 Å². The fourth-order valence-electron chi connectivity index (χ4n) is 4.02. The van der Waals surface area contributed by atoms with Crippen LogP contribution in [0.1, 0.15) is 37.3 Å². The second-order valence-corrected chi connectivity index (χ2v) is 8.15. The van der Waals surface area contributed by atoms with E-state index in [1.165, 1.54) is 37.4 Å². The Morgan fingerprint density at radius 3 is 2.16 bits per heavy atom. The van der Waals surface area contributed by atoms with Crippen molar-refractivity contribution >= 4 is 29.4 Å². The zero-order valence-electron chi connectivity index (χ0n) is 20.4. The molecule has 37 heavy (non-hydrogen) atoms. The highest BCUT2D eigenvalue weighted by Gasteiger charge is 2.38. The number of dihydropyridines is 1. The maximum Gasteiger partial charge on any atom is 0.336 e.